The van der Waals surface area contributed by atoms with Gasteiger partial charge in [-0.25, -0.2) is 4.98 Å². The van der Waals surface area contributed by atoms with E-state index in [2.05, 4.69) is 59.7 Å². The van der Waals surface area contributed by atoms with Crippen molar-refractivity contribution < 1.29 is 4.79 Å². The Hall–Kier alpha value is -2.87. The van der Waals surface area contributed by atoms with Crippen LogP contribution in [0.1, 0.15) is 42.2 Å². The third-order valence-electron chi connectivity index (χ3n) is 8.18. The van der Waals surface area contributed by atoms with Crippen molar-refractivity contribution in [1.29, 1.82) is 0 Å². The summed E-state index contributed by atoms with van der Waals surface area (Å²) in [6, 6.07) is 18.3. The zero-order chi connectivity index (χ0) is 27.4. The Bertz CT molecular complexity index is 1270. The Morgan fingerprint density at radius 2 is 1.79 bits per heavy atom. The zero-order valence-electron chi connectivity index (χ0n) is 23.2. The number of hydrogen-bond donors (Lipinski definition) is 1. The molecule has 3 aromatic rings. The SMILES string of the molecule is BC1(B)CCN(c2cccc(C(=O)Nc3ccncc3)n2)CC(C)N1C1CCN(Cc2ccccc2Cl)CC1. The summed E-state index contributed by atoms with van der Waals surface area (Å²) in [5.41, 5.74) is 2.34. The number of nitrogens with zero attached hydrogens (tertiary/aromatic N) is 5. The molecule has 2 aliphatic heterocycles. The summed E-state index contributed by atoms with van der Waals surface area (Å²) in [5, 5.41) is 3.84. The third-order valence-corrected chi connectivity index (χ3v) is 8.55. The Balaban J connectivity index is 1.24. The van der Waals surface area contributed by atoms with Crippen LogP contribution < -0.4 is 10.2 Å². The fraction of sp³-hybridized carbons (Fsp3) is 0.414. The van der Waals surface area contributed by atoms with Gasteiger partial charge in [0.1, 0.15) is 27.2 Å². The second kappa shape index (κ2) is 12.1. The quantitative estimate of drug-likeness (QED) is 0.484. The summed E-state index contributed by atoms with van der Waals surface area (Å²) >= 11 is 6.43. The first-order valence-electron chi connectivity index (χ1n) is 14.0. The zero-order valence-corrected chi connectivity index (χ0v) is 23.9. The summed E-state index contributed by atoms with van der Waals surface area (Å²) in [6.45, 7) is 7.20. The number of carbonyl (C=O) groups excluding carboxylic acids is 1. The first-order chi connectivity index (χ1) is 18.8. The highest BCUT2D eigenvalue weighted by atomic mass is 35.5. The molecule has 0 radical (unpaired) electrons. The largest absolute Gasteiger partial charge is 0.355 e. The lowest BCUT2D eigenvalue weighted by atomic mass is 9.58. The molecule has 1 N–H and O–H groups in total. The highest BCUT2D eigenvalue weighted by Crippen LogP contribution is 2.31. The first kappa shape index (κ1) is 27.7. The second-order valence-electron chi connectivity index (χ2n) is 11.4. The predicted octanol–water partition coefficient (Wildman–Crippen LogP) is 2.87. The lowest BCUT2D eigenvalue weighted by molar-refractivity contribution is 0.0576. The Kier molecular flexibility index (Phi) is 8.60. The van der Waals surface area contributed by atoms with Gasteiger partial charge in [0.05, 0.1) is 0 Å². The number of aromatic nitrogens is 2. The van der Waals surface area contributed by atoms with E-state index in [0.29, 0.717) is 23.5 Å². The van der Waals surface area contributed by atoms with Gasteiger partial charge in [0.2, 0.25) is 0 Å². The van der Waals surface area contributed by atoms with Gasteiger partial charge in [-0.2, -0.15) is 0 Å². The number of halogens is 1. The number of nitrogens with one attached hydrogen (secondary N) is 1. The molecule has 0 bridgehead atoms. The highest BCUT2D eigenvalue weighted by molar-refractivity contribution is 6.40. The molecule has 5 rings (SSSR count). The molecule has 0 saturated carbocycles. The predicted molar refractivity (Wildman–Crippen MR) is 164 cm³/mol. The molecule has 2 fully saturated rings. The van der Waals surface area contributed by atoms with E-state index in [0.717, 1.165) is 62.8 Å². The molecule has 1 atom stereocenters. The van der Waals surface area contributed by atoms with Crippen molar-refractivity contribution in [2.75, 3.05) is 36.4 Å². The molecule has 1 amide bonds. The molecule has 1 aromatic carbocycles. The molecule has 2 aromatic heterocycles. The van der Waals surface area contributed by atoms with E-state index >= 15 is 0 Å². The van der Waals surface area contributed by atoms with Crippen LogP contribution in [0.25, 0.3) is 0 Å². The van der Waals surface area contributed by atoms with E-state index in [1.165, 1.54) is 5.56 Å². The molecule has 10 heteroatoms. The second-order valence-corrected chi connectivity index (χ2v) is 11.8. The lowest BCUT2D eigenvalue weighted by Gasteiger charge is -2.49. The number of benzene rings is 1. The topological polar surface area (TPSA) is 64.6 Å². The van der Waals surface area contributed by atoms with Gasteiger partial charge in [-0.1, -0.05) is 35.9 Å². The van der Waals surface area contributed by atoms with E-state index in [1.54, 1.807) is 30.6 Å². The van der Waals surface area contributed by atoms with Crippen molar-refractivity contribution >= 4 is 44.7 Å². The van der Waals surface area contributed by atoms with Gasteiger partial charge in [0.15, 0.2) is 0 Å². The number of anilines is 2. The lowest BCUT2D eigenvalue weighted by Crippen LogP contribution is -2.60. The fourth-order valence-electron chi connectivity index (χ4n) is 6.27. The van der Waals surface area contributed by atoms with Crippen LogP contribution >= 0.6 is 11.6 Å². The maximum absolute atomic E-state index is 12.9. The highest BCUT2D eigenvalue weighted by Gasteiger charge is 2.40. The number of piperidine rings is 1. The van der Waals surface area contributed by atoms with Crippen molar-refractivity contribution in [2.24, 2.45) is 0 Å². The summed E-state index contributed by atoms with van der Waals surface area (Å²) in [7, 11) is 4.77. The van der Waals surface area contributed by atoms with Gasteiger partial charge < -0.3 is 15.1 Å². The van der Waals surface area contributed by atoms with E-state index < -0.39 is 0 Å². The summed E-state index contributed by atoms with van der Waals surface area (Å²) in [4.78, 5) is 29.3. The number of pyridine rings is 2. The maximum atomic E-state index is 12.9. The smallest absolute Gasteiger partial charge is 0.274 e. The molecule has 2 saturated heterocycles. The van der Waals surface area contributed by atoms with Gasteiger partial charge in [-0.15, -0.1) is 0 Å². The Labute approximate surface area is 238 Å². The van der Waals surface area contributed by atoms with Crippen LogP contribution in [0.3, 0.4) is 0 Å². The number of carbonyl (C=O) groups is 1. The monoisotopic (exact) mass is 542 g/mol. The molecule has 2 aliphatic rings. The van der Waals surface area contributed by atoms with Gasteiger partial charge in [0.25, 0.3) is 5.91 Å². The van der Waals surface area contributed by atoms with Crippen molar-refractivity contribution in [3.8, 4) is 0 Å². The van der Waals surface area contributed by atoms with Gasteiger partial charge in [0, 0.05) is 54.8 Å². The van der Waals surface area contributed by atoms with Crippen molar-refractivity contribution in [3.63, 3.8) is 0 Å². The average molecular weight is 543 g/mol. The number of likely N-dealkylation sites (tertiary alicyclic amines) is 1. The van der Waals surface area contributed by atoms with E-state index in [4.69, 9.17) is 16.6 Å². The van der Waals surface area contributed by atoms with Crippen LogP contribution in [-0.4, -0.2) is 85.0 Å². The maximum Gasteiger partial charge on any atom is 0.274 e. The van der Waals surface area contributed by atoms with E-state index in [-0.39, 0.29) is 11.2 Å². The molecule has 1 unspecified atom stereocenters. The molecule has 4 heterocycles. The molecule has 0 spiro atoms. The van der Waals surface area contributed by atoms with Crippen LogP contribution in [0.5, 0.6) is 0 Å². The number of rotatable bonds is 6. The standard InChI is InChI=1S/C29H37B2ClN6O/c1-21-19-37(27-8-4-7-26(35-27)28(39)34-23-9-14-33-15-10-23)18-13-29(30,31)38(21)24-11-16-36(17-12-24)20-22-5-2-3-6-25(22)32/h2-10,14-15,21,24H,11-13,16-20,30-31H2,1H3,(H,33,34,39). The molecular weight excluding hydrogens is 505 g/mol. The molecule has 202 valence electrons. The van der Waals surface area contributed by atoms with Crippen LogP contribution in [0, 0.1) is 0 Å². The molecular formula is C29H37B2ClN6O. The molecule has 0 aliphatic carbocycles. The Morgan fingerprint density at radius 3 is 2.54 bits per heavy atom. The van der Waals surface area contributed by atoms with Crippen molar-refractivity contribution in [1.82, 2.24) is 19.8 Å². The third kappa shape index (κ3) is 6.65. The van der Waals surface area contributed by atoms with Gasteiger partial charge in [-0.3, -0.25) is 14.7 Å². The summed E-state index contributed by atoms with van der Waals surface area (Å²) in [5.74, 6) is 0.646. The minimum absolute atomic E-state index is 0.0695. The minimum atomic E-state index is -0.212. The average Bonchev–Trinajstić information content (AvgIpc) is 3.05. The molecule has 7 nitrogen and oxygen atoms in total. The number of hydrogen-bond acceptors (Lipinski definition) is 6. The Morgan fingerprint density at radius 1 is 1.05 bits per heavy atom. The summed E-state index contributed by atoms with van der Waals surface area (Å²) < 4.78 is 0. The van der Waals surface area contributed by atoms with Crippen LogP contribution in [-0.2, 0) is 6.54 Å². The van der Waals surface area contributed by atoms with E-state index in [1.807, 2.05) is 24.3 Å². The number of amides is 1. The van der Waals surface area contributed by atoms with Crippen molar-refractivity contribution in [3.05, 3.63) is 83.3 Å². The normalized spacial score (nSPS) is 20.9. The van der Waals surface area contributed by atoms with Gasteiger partial charge in [-0.05, 0) is 80.5 Å². The van der Waals surface area contributed by atoms with Crippen LogP contribution in [0.4, 0.5) is 11.5 Å². The molecule has 39 heavy (non-hydrogen) atoms. The van der Waals surface area contributed by atoms with Crippen LogP contribution in [0.15, 0.2) is 67.0 Å². The summed E-state index contributed by atoms with van der Waals surface area (Å²) in [6.07, 6.45) is 6.66. The fourth-order valence-corrected chi connectivity index (χ4v) is 6.47. The first-order valence-corrected chi connectivity index (χ1v) is 14.4. The van der Waals surface area contributed by atoms with Crippen LogP contribution in [0.2, 0.25) is 5.02 Å². The minimum Gasteiger partial charge on any atom is -0.355 e. The van der Waals surface area contributed by atoms with Gasteiger partial charge >= 0.3 is 0 Å². The van der Waals surface area contributed by atoms with E-state index in [9.17, 15) is 4.79 Å². The van der Waals surface area contributed by atoms with Crippen molar-refractivity contribution in [2.45, 2.75) is 50.2 Å².